The van der Waals surface area contributed by atoms with Crippen LogP contribution in [0.4, 0.5) is 0 Å². The van der Waals surface area contributed by atoms with Gasteiger partial charge in [-0.05, 0) is 50.8 Å². The predicted molar refractivity (Wildman–Crippen MR) is 82.8 cm³/mol. The van der Waals surface area contributed by atoms with Gasteiger partial charge in [0.25, 0.3) is 0 Å². The Morgan fingerprint density at radius 3 is 2.90 bits per heavy atom. The summed E-state index contributed by atoms with van der Waals surface area (Å²) in [5.74, 6) is 0.160. The Balaban J connectivity index is 1.71. The van der Waals surface area contributed by atoms with E-state index in [0.29, 0.717) is 12.6 Å². The number of likely N-dealkylation sites (tertiary alicyclic amines) is 1. The van der Waals surface area contributed by atoms with Gasteiger partial charge in [0.05, 0.1) is 6.54 Å². The van der Waals surface area contributed by atoms with Gasteiger partial charge in [-0.2, -0.15) is 0 Å². The minimum absolute atomic E-state index is 0.160. The van der Waals surface area contributed by atoms with Crippen LogP contribution in [0.25, 0.3) is 0 Å². The highest BCUT2D eigenvalue weighted by atomic mass is 16.2. The third kappa shape index (κ3) is 4.34. The molecule has 0 bridgehead atoms. The lowest BCUT2D eigenvalue weighted by Crippen LogP contribution is -2.44. The van der Waals surface area contributed by atoms with Crippen molar-refractivity contribution in [2.75, 3.05) is 19.6 Å². The van der Waals surface area contributed by atoms with E-state index in [2.05, 4.69) is 48.3 Å². The molecule has 2 rings (SSSR count). The Kier molecular flexibility index (Phi) is 5.60. The van der Waals surface area contributed by atoms with Crippen molar-refractivity contribution in [2.45, 2.75) is 45.6 Å². The number of carbonyl (C=O) groups is 1. The fourth-order valence-electron chi connectivity index (χ4n) is 2.86. The van der Waals surface area contributed by atoms with Crippen molar-refractivity contribution in [3.8, 4) is 0 Å². The van der Waals surface area contributed by atoms with Gasteiger partial charge in [-0.15, -0.1) is 0 Å². The molecule has 1 N–H and O–H groups in total. The van der Waals surface area contributed by atoms with E-state index in [1.807, 2.05) is 0 Å². The number of piperidine rings is 1. The molecule has 1 aliphatic rings. The summed E-state index contributed by atoms with van der Waals surface area (Å²) in [7, 11) is 0. The standard InChI is InChI=1S/C17H26N2O/c1-14-7-3-4-9-16(14)10-11-18-17(20)13-19-12-6-5-8-15(19)2/h3-4,7,9,15H,5-6,8,10-13H2,1-2H3,(H,18,20). The van der Waals surface area contributed by atoms with Crippen LogP contribution < -0.4 is 5.32 Å². The molecule has 0 spiro atoms. The molecule has 110 valence electrons. The second-order valence-electron chi connectivity index (χ2n) is 5.84. The van der Waals surface area contributed by atoms with Crippen LogP contribution in [0.1, 0.15) is 37.3 Å². The molecule has 3 heteroatoms. The van der Waals surface area contributed by atoms with Gasteiger partial charge < -0.3 is 5.32 Å². The van der Waals surface area contributed by atoms with Crippen LogP contribution in [-0.2, 0) is 11.2 Å². The van der Waals surface area contributed by atoms with Crippen molar-refractivity contribution < 1.29 is 4.79 Å². The van der Waals surface area contributed by atoms with Gasteiger partial charge in [0.15, 0.2) is 0 Å². The minimum atomic E-state index is 0.160. The van der Waals surface area contributed by atoms with E-state index in [1.165, 1.54) is 30.4 Å². The lowest BCUT2D eigenvalue weighted by Gasteiger charge is -2.32. The van der Waals surface area contributed by atoms with E-state index in [1.54, 1.807) is 0 Å². The summed E-state index contributed by atoms with van der Waals surface area (Å²) in [6.45, 7) is 6.68. The highest BCUT2D eigenvalue weighted by Gasteiger charge is 2.20. The molecule has 1 aromatic carbocycles. The van der Waals surface area contributed by atoms with Crippen LogP contribution in [0.15, 0.2) is 24.3 Å². The molecule has 1 unspecified atom stereocenters. The number of amides is 1. The Morgan fingerprint density at radius 1 is 1.35 bits per heavy atom. The summed E-state index contributed by atoms with van der Waals surface area (Å²) in [5, 5.41) is 3.05. The molecule has 1 aromatic rings. The van der Waals surface area contributed by atoms with Crippen molar-refractivity contribution in [3.63, 3.8) is 0 Å². The topological polar surface area (TPSA) is 32.3 Å². The molecule has 0 aromatic heterocycles. The van der Waals surface area contributed by atoms with Crippen molar-refractivity contribution in [1.29, 1.82) is 0 Å². The number of nitrogens with one attached hydrogen (secondary N) is 1. The molecule has 0 radical (unpaired) electrons. The van der Waals surface area contributed by atoms with Crippen LogP contribution in [0.2, 0.25) is 0 Å². The Labute approximate surface area is 122 Å². The number of nitrogens with zero attached hydrogens (tertiary/aromatic N) is 1. The van der Waals surface area contributed by atoms with Crippen molar-refractivity contribution in [3.05, 3.63) is 35.4 Å². The molecule has 20 heavy (non-hydrogen) atoms. The molecule has 1 fully saturated rings. The maximum atomic E-state index is 12.0. The second kappa shape index (κ2) is 7.44. The zero-order valence-electron chi connectivity index (χ0n) is 12.7. The lowest BCUT2D eigenvalue weighted by atomic mass is 10.0. The lowest BCUT2D eigenvalue weighted by molar-refractivity contribution is -0.123. The number of carbonyl (C=O) groups excluding carboxylic acids is 1. The molecule has 1 amide bonds. The van der Waals surface area contributed by atoms with Crippen molar-refractivity contribution in [1.82, 2.24) is 10.2 Å². The third-order valence-corrected chi connectivity index (χ3v) is 4.27. The van der Waals surface area contributed by atoms with Crippen molar-refractivity contribution >= 4 is 5.91 Å². The molecule has 0 aliphatic carbocycles. The number of benzene rings is 1. The number of hydrogen-bond acceptors (Lipinski definition) is 2. The number of hydrogen-bond donors (Lipinski definition) is 1. The van der Waals surface area contributed by atoms with Crippen LogP contribution in [0.5, 0.6) is 0 Å². The third-order valence-electron chi connectivity index (χ3n) is 4.27. The molecular formula is C17H26N2O. The van der Waals surface area contributed by atoms with Gasteiger partial charge in [0.1, 0.15) is 0 Å². The monoisotopic (exact) mass is 274 g/mol. The van der Waals surface area contributed by atoms with Gasteiger partial charge in [-0.3, -0.25) is 9.69 Å². The molecule has 1 saturated heterocycles. The summed E-state index contributed by atoms with van der Waals surface area (Å²) >= 11 is 0. The van der Waals surface area contributed by atoms with Crippen LogP contribution in [0.3, 0.4) is 0 Å². The first kappa shape index (κ1) is 15.0. The van der Waals surface area contributed by atoms with Crippen LogP contribution >= 0.6 is 0 Å². The molecular weight excluding hydrogens is 248 g/mol. The largest absolute Gasteiger partial charge is 0.355 e. The van der Waals surface area contributed by atoms with E-state index in [9.17, 15) is 4.79 Å². The maximum Gasteiger partial charge on any atom is 0.234 e. The van der Waals surface area contributed by atoms with Gasteiger partial charge in [0, 0.05) is 12.6 Å². The summed E-state index contributed by atoms with van der Waals surface area (Å²) in [5.41, 5.74) is 2.62. The molecule has 1 aliphatic heterocycles. The van der Waals surface area contributed by atoms with E-state index in [4.69, 9.17) is 0 Å². The molecule has 1 heterocycles. The Hall–Kier alpha value is -1.35. The van der Waals surface area contributed by atoms with E-state index >= 15 is 0 Å². The van der Waals surface area contributed by atoms with Gasteiger partial charge in [-0.1, -0.05) is 30.7 Å². The fourth-order valence-corrected chi connectivity index (χ4v) is 2.86. The average Bonchev–Trinajstić information content (AvgIpc) is 2.43. The first-order valence-electron chi connectivity index (χ1n) is 7.72. The van der Waals surface area contributed by atoms with Crippen LogP contribution in [0, 0.1) is 6.92 Å². The zero-order valence-corrected chi connectivity index (χ0v) is 12.7. The van der Waals surface area contributed by atoms with Crippen molar-refractivity contribution in [2.24, 2.45) is 0 Å². The SMILES string of the molecule is Cc1ccccc1CCNC(=O)CN1CCCCC1C. The van der Waals surface area contributed by atoms with E-state index < -0.39 is 0 Å². The van der Waals surface area contributed by atoms with Gasteiger partial charge in [0.2, 0.25) is 5.91 Å². The number of aryl methyl sites for hydroxylation is 1. The summed E-state index contributed by atoms with van der Waals surface area (Å²) in [4.78, 5) is 14.3. The summed E-state index contributed by atoms with van der Waals surface area (Å²) < 4.78 is 0. The summed E-state index contributed by atoms with van der Waals surface area (Å²) in [6, 6.07) is 8.90. The zero-order chi connectivity index (χ0) is 14.4. The smallest absolute Gasteiger partial charge is 0.234 e. The second-order valence-corrected chi connectivity index (χ2v) is 5.84. The predicted octanol–water partition coefficient (Wildman–Crippen LogP) is 2.53. The van der Waals surface area contributed by atoms with Gasteiger partial charge >= 0.3 is 0 Å². The van der Waals surface area contributed by atoms with E-state index in [-0.39, 0.29) is 5.91 Å². The fraction of sp³-hybridized carbons (Fsp3) is 0.588. The average molecular weight is 274 g/mol. The Bertz CT molecular complexity index is 444. The molecule has 0 saturated carbocycles. The van der Waals surface area contributed by atoms with Gasteiger partial charge in [-0.25, -0.2) is 0 Å². The Morgan fingerprint density at radius 2 is 2.15 bits per heavy atom. The quantitative estimate of drug-likeness (QED) is 0.895. The maximum absolute atomic E-state index is 12.0. The molecule has 3 nitrogen and oxygen atoms in total. The minimum Gasteiger partial charge on any atom is -0.355 e. The first-order chi connectivity index (χ1) is 9.66. The van der Waals surface area contributed by atoms with Crippen LogP contribution in [-0.4, -0.2) is 36.5 Å². The normalized spacial score (nSPS) is 19.8. The number of rotatable bonds is 5. The first-order valence-corrected chi connectivity index (χ1v) is 7.72. The highest BCUT2D eigenvalue weighted by Crippen LogP contribution is 2.15. The summed E-state index contributed by atoms with van der Waals surface area (Å²) in [6.07, 6.45) is 4.65. The highest BCUT2D eigenvalue weighted by molar-refractivity contribution is 5.78. The molecule has 1 atom stereocenters. The van der Waals surface area contributed by atoms with E-state index in [0.717, 1.165) is 19.5 Å².